The summed E-state index contributed by atoms with van der Waals surface area (Å²) < 4.78 is 41.3. The lowest BCUT2D eigenvalue weighted by molar-refractivity contribution is -0.126. The number of carbonyl (C=O) groups excluding carboxylic acids is 1. The van der Waals surface area contributed by atoms with E-state index < -0.39 is 16.1 Å². The summed E-state index contributed by atoms with van der Waals surface area (Å²) in [5.41, 5.74) is 1.90. The number of amides is 1. The van der Waals surface area contributed by atoms with Crippen molar-refractivity contribution in [1.82, 2.24) is 24.1 Å². The molecule has 2 aliphatic rings. The molecule has 1 unspecified atom stereocenters. The fraction of sp³-hybridized carbons (Fsp3) is 0.615. The van der Waals surface area contributed by atoms with Crippen LogP contribution in [0.3, 0.4) is 0 Å². The predicted octanol–water partition coefficient (Wildman–Crippen LogP) is 2.65. The van der Waals surface area contributed by atoms with Crippen LogP contribution in [-0.2, 0) is 27.8 Å². The maximum Gasteiger partial charge on any atom is 0.239 e. The monoisotopic (exact) mass is 519 g/mol. The normalized spacial score (nSPS) is 20.4. The number of aromatic nitrogens is 2. The van der Waals surface area contributed by atoms with Gasteiger partial charge in [-0.25, -0.2) is 17.8 Å². The first kappa shape index (κ1) is 26.8. The molecule has 10 heteroatoms. The van der Waals surface area contributed by atoms with E-state index in [9.17, 15) is 17.6 Å². The third-order valence-corrected chi connectivity index (χ3v) is 8.76. The van der Waals surface area contributed by atoms with Crippen LogP contribution in [-0.4, -0.2) is 78.1 Å². The van der Waals surface area contributed by atoms with E-state index in [1.54, 1.807) is 24.7 Å². The molecule has 1 saturated carbocycles. The first-order valence-electron chi connectivity index (χ1n) is 13.0. The van der Waals surface area contributed by atoms with Crippen molar-refractivity contribution in [3.8, 4) is 0 Å². The number of nitrogens with zero attached hydrogens (tertiary/aromatic N) is 4. The number of hydrogen-bond acceptors (Lipinski definition) is 5. The average Bonchev–Trinajstić information content (AvgIpc) is 3.30. The molecule has 1 aliphatic heterocycles. The van der Waals surface area contributed by atoms with Crippen molar-refractivity contribution >= 4 is 15.9 Å². The lowest BCUT2D eigenvalue weighted by Gasteiger charge is -2.39. The molecule has 2 fully saturated rings. The minimum Gasteiger partial charge on any atom is -0.354 e. The van der Waals surface area contributed by atoms with E-state index >= 15 is 0 Å². The zero-order valence-electron chi connectivity index (χ0n) is 21.1. The Bertz CT molecular complexity index is 1100. The number of sulfonamides is 1. The van der Waals surface area contributed by atoms with Gasteiger partial charge in [0.15, 0.2) is 0 Å². The van der Waals surface area contributed by atoms with Crippen molar-refractivity contribution in [3.63, 3.8) is 0 Å². The van der Waals surface area contributed by atoms with E-state index in [2.05, 4.69) is 15.2 Å². The highest BCUT2D eigenvalue weighted by atomic mass is 32.2. The summed E-state index contributed by atoms with van der Waals surface area (Å²) in [6.45, 7) is 3.27. The molecule has 1 aliphatic carbocycles. The maximum absolute atomic E-state index is 13.2. The van der Waals surface area contributed by atoms with Crippen molar-refractivity contribution in [1.29, 1.82) is 0 Å². The Kier molecular flexibility index (Phi) is 9.14. The minimum atomic E-state index is -3.49. The van der Waals surface area contributed by atoms with Gasteiger partial charge in [0.05, 0.1) is 12.6 Å². The molecule has 36 heavy (non-hydrogen) atoms. The lowest BCUT2D eigenvalue weighted by Crippen LogP contribution is -2.60. The molecule has 2 aromatic rings. The molecule has 1 N–H and O–H groups in total. The first-order chi connectivity index (χ1) is 17.3. The van der Waals surface area contributed by atoms with E-state index in [1.807, 2.05) is 4.57 Å². The van der Waals surface area contributed by atoms with E-state index in [-0.39, 0.29) is 11.7 Å². The highest BCUT2D eigenvalue weighted by Crippen LogP contribution is 2.27. The average molecular weight is 520 g/mol. The molecule has 8 nitrogen and oxygen atoms in total. The van der Waals surface area contributed by atoms with Crippen molar-refractivity contribution in [2.45, 2.75) is 57.5 Å². The molecule has 1 aromatic heterocycles. The number of carbonyl (C=O) groups is 1. The molecule has 2 heterocycles. The van der Waals surface area contributed by atoms with Crippen LogP contribution in [0.5, 0.6) is 0 Å². The maximum atomic E-state index is 13.2. The van der Waals surface area contributed by atoms with Gasteiger partial charge >= 0.3 is 0 Å². The largest absolute Gasteiger partial charge is 0.354 e. The molecule has 4 rings (SSSR count). The third-order valence-electron chi connectivity index (χ3n) is 7.47. The molecule has 198 valence electrons. The second-order valence-electron chi connectivity index (χ2n) is 10.2. The van der Waals surface area contributed by atoms with E-state index in [1.165, 1.54) is 54.8 Å². The SMILES string of the molecule is CS(=O)(=O)N1CCN(CCC2CCCCC2)CC1C(=O)NCCc1cncn1Cc1ccc(F)cc1. The van der Waals surface area contributed by atoms with E-state index in [0.717, 1.165) is 30.1 Å². The van der Waals surface area contributed by atoms with Gasteiger partial charge in [-0.3, -0.25) is 9.69 Å². The van der Waals surface area contributed by atoms with Crippen LogP contribution in [0.4, 0.5) is 4.39 Å². The Balaban J connectivity index is 1.31. The smallest absolute Gasteiger partial charge is 0.239 e. The predicted molar refractivity (Wildman–Crippen MR) is 137 cm³/mol. The molecule has 1 amide bonds. The number of imidazole rings is 1. The molecule has 0 radical (unpaired) electrons. The van der Waals surface area contributed by atoms with Gasteiger partial charge in [-0.05, 0) is 36.6 Å². The number of benzene rings is 1. The summed E-state index contributed by atoms with van der Waals surface area (Å²) in [5.74, 6) is 0.219. The molecule has 0 bridgehead atoms. The summed E-state index contributed by atoms with van der Waals surface area (Å²) in [4.78, 5) is 19.6. The second kappa shape index (κ2) is 12.3. The van der Waals surface area contributed by atoms with Crippen LogP contribution < -0.4 is 5.32 Å². The number of halogens is 1. The second-order valence-corrected chi connectivity index (χ2v) is 12.1. The minimum absolute atomic E-state index is 0.257. The Hall–Kier alpha value is -2.30. The van der Waals surface area contributed by atoms with Crippen molar-refractivity contribution in [3.05, 3.63) is 53.9 Å². The Morgan fingerprint density at radius 3 is 2.61 bits per heavy atom. The van der Waals surface area contributed by atoms with Crippen LogP contribution in [0.2, 0.25) is 0 Å². The highest BCUT2D eigenvalue weighted by Gasteiger charge is 2.37. The molecule has 1 saturated heterocycles. The molecule has 1 aromatic carbocycles. The van der Waals surface area contributed by atoms with Crippen LogP contribution in [0.15, 0.2) is 36.8 Å². The Morgan fingerprint density at radius 2 is 1.89 bits per heavy atom. The summed E-state index contributed by atoms with van der Waals surface area (Å²) >= 11 is 0. The van der Waals surface area contributed by atoms with E-state index in [4.69, 9.17) is 0 Å². The van der Waals surface area contributed by atoms with Gasteiger partial charge in [0.1, 0.15) is 11.9 Å². The quantitative estimate of drug-likeness (QED) is 0.522. The van der Waals surface area contributed by atoms with Gasteiger partial charge in [0, 0.05) is 51.0 Å². The zero-order valence-corrected chi connectivity index (χ0v) is 21.9. The van der Waals surface area contributed by atoms with Crippen LogP contribution in [0.25, 0.3) is 0 Å². The number of nitrogens with one attached hydrogen (secondary N) is 1. The fourth-order valence-electron chi connectivity index (χ4n) is 5.39. The van der Waals surface area contributed by atoms with Gasteiger partial charge in [0.2, 0.25) is 15.9 Å². The summed E-state index contributed by atoms with van der Waals surface area (Å²) in [6.07, 6.45) is 12.8. The number of rotatable bonds is 10. The summed E-state index contributed by atoms with van der Waals surface area (Å²) in [6, 6.07) is 5.63. The number of hydrogen-bond donors (Lipinski definition) is 1. The first-order valence-corrected chi connectivity index (χ1v) is 14.8. The van der Waals surface area contributed by atoms with Crippen LogP contribution in [0.1, 0.15) is 49.8 Å². The Morgan fingerprint density at radius 1 is 1.14 bits per heavy atom. The summed E-state index contributed by atoms with van der Waals surface area (Å²) in [7, 11) is -3.49. The highest BCUT2D eigenvalue weighted by molar-refractivity contribution is 7.88. The molecular formula is C26H38FN5O3S. The zero-order chi connectivity index (χ0) is 25.5. The fourth-order valence-corrected chi connectivity index (χ4v) is 6.43. The van der Waals surface area contributed by atoms with E-state index in [0.29, 0.717) is 39.1 Å². The topological polar surface area (TPSA) is 87.5 Å². The molecule has 1 atom stereocenters. The van der Waals surface area contributed by atoms with Gasteiger partial charge < -0.3 is 9.88 Å². The van der Waals surface area contributed by atoms with Crippen LogP contribution >= 0.6 is 0 Å². The van der Waals surface area contributed by atoms with Crippen LogP contribution in [0, 0.1) is 11.7 Å². The molecular weight excluding hydrogens is 481 g/mol. The van der Waals surface area contributed by atoms with Gasteiger partial charge in [0.25, 0.3) is 0 Å². The van der Waals surface area contributed by atoms with Gasteiger partial charge in [-0.1, -0.05) is 44.2 Å². The summed E-state index contributed by atoms with van der Waals surface area (Å²) in [5, 5.41) is 2.95. The van der Waals surface area contributed by atoms with Crippen molar-refractivity contribution in [2.24, 2.45) is 5.92 Å². The van der Waals surface area contributed by atoms with Crippen molar-refractivity contribution in [2.75, 3.05) is 39.0 Å². The molecule has 0 spiro atoms. The van der Waals surface area contributed by atoms with Crippen molar-refractivity contribution < 1.29 is 17.6 Å². The Labute approximate surface area is 213 Å². The lowest BCUT2D eigenvalue weighted by atomic mass is 9.87. The van der Waals surface area contributed by atoms with Gasteiger partial charge in [-0.15, -0.1) is 0 Å². The third kappa shape index (κ3) is 7.36. The number of piperazine rings is 1. The standard InChI is InChI=1S/C26H38FN5O3S/c1-36(34,35)32-16-15-30(14-12-21-5-3-2-4-6-21)19-25(32)26(33)29-13-11-24-17-28-20-31(24)18-22-7-9-23(27)10-8-22/h7-10,17,20-21,25H,2-6,11-16,18-19H2,1H3,(H,29,33). The van der Waals surface area contributed by atoms with Gasteiger partial charge in [-0.2, -0.15) is 4.31 Å².